The molecule has 1 amide bonds. The highest BCUT2D eigenvalue weighted by Gasteiger charge is 2.19. The first kappa shape index (κ1) is 20.9. The summed E-state index contributed by atoms with van der Waals surface area (Å²) >= 11 is 11.9. The molecule has 2 rings (SSSR count). The van der Waals surface area contributed by atoms with Gasteiger partial charge in [-0.25, -0.2) is 4.79 Å². The number of anilines is 1. The van der Waals surface area contributed by atoms with Gasteiger partial charge < -0.3 is 19.5 Å². The summed E-state index contributed by atoms with van der Waals surface area (Å²) in [6, 6.07) is 11.6. The summed E-state index contributed by atoms with van der Waals surface area (Å²) in [5, 5.41) is 3.30. The van der Waals surface area contributed by atoms with E-state index in [0.717, 1.165) is 0 Å². The summed E-state index contributed by atoms with van der Waals surface area (Å²) in [6.45, 7) is 3.39. The van der Waals surface area contributed by atoms with Crippen molar-refractivity contribution in [2.45, 2.75) is 20.0 Å². The van der Waals surface area contributed by atoms with Crippen LogP contribution in [0.5, 0.6) is 11.5 Å². The second kappa shape index (κ2) is 10.0. The zero-order chi connectivity index (χ0) is 19.8. The van der Waals surface area contributed by atoms with Crippen molar-refractivity contribution in [1.29, 1.82) is 0 Å². The number of nitrogens with one attached hydrogen (secondary N) is 1. The average molecular weight is 412 g/mol. The highest BCUT2D eigenvalue weighted by atomic mass is 35.5. The topological polar surface area (TPSA) is 73.9 Å². The minimum Gasteiger partial charge on any atom is -0.490 e. The minimum absolute atomic E-state index is 0.321. The maximum absolute atomic E-state index is 12.2. The average Bonchev–Trinajstić information content (AvgIpc) is 2.64. The number of hydrogen-bond donors (Lipinski definition) is 1. The number of ether oxygens (including phenoxy) is 3. The quantitative estimate of drug-likeness (QED) is 0.653. The van der Waals surface area contributed by atoms with E-state index in [1.165, 1.54) is 13.0 Å². The second-order valence-corrected chi connectivity index (χ2v) is 6.26. The number of hydrogen-bond acceptors (Lipinski definition) is 5. The predicted molar refractivity (Wildman–Crippen MR) is 104 cm³/mol. The van der Waals surface area contributed by atoms with Crippen LogP contribution in [0, 0.1) is 0 Å². The monoisotopic (exact) mass is 411 g/mol. The Labute approximate surface area is 167 Å². The molecule has 0 bridgehead atoms. The molecule has 0 spiro atoms. The molecule has 0 aliphatic rings. The number of halogens is 2. The van der Waals surface area contributed by atoms with Crippen LogP contribution in [0.2, 0.25) is 10.0 Å². The molecule has 0 radical (unpaired) electrons. The van der Waals surface area contributed by atoms with E-state index < -0.39 is 18.0 Å². The zero-order valence-electron chi connectivity index (χ0n) is 14.8. The Bertz CT molecular complexity index is 812. The molecule has 0 fully saturated rings. The van der Waals surface area contributed by atoms with E-state index in [2.05, 4.69) is 5.32 Å². The Balaban J connectivity index is 1.88. The Morgan fingerprint density at radius 3 is 2.41 bits per heavy atom. The first-order valence-corrected chi connectivity index (χ1v) is 8.96. The van der Waals surface area contributed by atoms with Crippen molar-refractivity contribution in [2.75, 3.05) is 18.5 Å². The summed E-state index contributed by atoms with van der Waals surface area (Å²) < 4.78 is 15.9. The van der Waals surface area contributed by atoms with Gasteiger partial charge >= 0.3 is 5.97 Å². The van der Waals surface area contributed by atoms with Crippen molar-refractivity contribution in [1.82, 2.24) is 0 Å². The first-order valence-electron chi connectivity index (χ1n) is 8.20. The molecule has 0 heterocycles. The summed E-state index contributed by atoms with van der Waals surface area (Å²) in [6.07, 6.45) is -1.04. The summed E-state index contributed by atoms with van der Waals surface area (Å²) in [5.74, 6) is -0.295. The van der Waals surface area contributed by atoms with Crippen LogP contribution in [0.15, 0.2) is 42.5 Å². The highest BCUT2D eigenvalue weighted by Crippen LogP contribution is 2.27. The van der Waals surface area contributed by atoms with Crippen LogP contribution in [-0.2, 0) is 14.3 Å². The van der Waals surface area contributed by atoms with Crippen LogP contribution in [-0.4, -0.2) is 31.2 Å². The number of rotatable bonds is 8. The van der Waals surface area contributed by atoms with Gasteiger partial charge in [-0.3, -0.25) is 4.79 Å². The molecule has 144 valence electrons. The normalized spacial score (nSPS) is 11.4. The third kappa shape index (κ3) is 6.34. The van der Waals surface area contributed by atoms with Gasteiger partial charge in [0.1, 0.15) is 0 Å². The van der Waals surface area contributed by atoms with Crippen molar-refractivity contribution in [2.24, 2.45) is 0 Å². The van der Waals surface area contributed by atoms with Crippen LogP contribution in [0.1, 0.15) is 13.8 Å². The molecule has 0 saturated heterocycles. The van der Waals surface area contributed by atoms with E-state index in [0.29, 0.717) is 33.8 Å². The van der Waals surface area contributed by atoms with Crippen LogP contribution >= 0.6 is 23.2 Å². The molecule has 0 unspecified atom stereocenters. The van der Waals surface area contributed by atoms with E-state index in [1.54, 1.807) is 36.4 Å². The number of carbonyl (C=O) groups excluding carboxylic acids is 2. The molecule has 8 heteroatoms. The fourth-order valence-electron chi connectivity index (χ4n) is 2.09. The Morgan fingerprint density at radius 2 is 1.74 bits per heavy atom. The van der Waals surface area contributed by atoms with Gasteiger partial charge in [-0.1, -0.05) is 35.3 Å². The van der Waals surface area contributed by atoms with Gasteiger partial charge in [0.15, 0.2) is 24.2 Å². The van der Waals surface area contributed by atoms with Crippen molar-refractivity contribution < 1.29 is 23.8 Å². The highest BCUT2D eigenvalue weighted by molar-refractivity contribution is 6.35. The third-order valence-electron chi connectivity index (χ3n) is 3.36. The molecule has 2 aromatic rings. The summed E-state index contributed by atoms with van der Waals surface area (Å²) in [4.78, 5) is 24.1. The fourth-order valence-corrected chi connectivity index (χ4v) is 2.43. The van der Waals surface area contributed by atoms with Crippen molar-refractivity contribution in [3.8, 4) is 11.5 Å². The number of benzene rings is 2. The van der Waals surface area contributed by atoms with E-state index in [9.17, 15) is 9.59 Å². The number of carbonyl (C=O) groups is 2. The van der Waals surface area contributed by atoms with Crippen LogP contribution in [0.4, 0.5) is 5.69 Å². The SMILES string of the molecule is CCOc1ccccc1OCC(=O)O[C@@H](C)C(=O)Nc1cc(Cl)ccc1Cl. The maximum atomic E-state index is 12.2. The van der Waals surface area contributed by atoms with Gasteiger partial charge in [-0.2, -0.15) is 0 Å². The number of para-hydroxylation sites is 2. The largest absolute Gasteiger partial charge is 0.490 e. The van der Waals surface area contributed by atoms with Crippen molar-refractivity contribution in [3.63, 3.8) is 0 Å². The molecule has 0 aliphatic heterocycles. The van der Waals surface area contributed by atoms with Crippen LogP contribution in [0.3, 0.4) is 0 Å². The standard InChI is InChI=1S/C19H19Cl2NO5/c1-3-25-16-6-4-5-7-17(16)26-11-18(23)27-12(2)19(24)22-15-10-13(20)8-9-14(15)21/h4-10,12H,3,11H2,1-2H3,(H,22,24)/t12-/m0/s1. The molecule has 0 aliphatic carbocycles. The van der Waals surface area contributed by atoms with Gasteiger partial charge in [0, 0.05) is 5.02 Å². The van der Waals surface area contributed by atoms with E-state index in [-0.39, 0.29) is 6.61 Å². The fraction of sp³-hybridized carbons (Fsp3) is 0.263. The lowest BCUT2D eigenvalue weighted by Crippen LogP contribution is -2.31. The first-order chi connectivity index (χ1) is 12.9. The van der Waals surface area contributed by atoms with Crippen LogP contribution in [0.25, 0.3) is 0 Å². The Morgan fingerprint density at radius 1 is 1.07 bits per heavy atom. The molecule has 2 aromatic carbocycles. The molecular formula is C19H19Cl2NO5. The van der Waals surface area contributed by atoms with Gasteiger partial charge in [0.2, 0.25) is 0 Å². The minimum atomic E-state index is -1.04. The van der Waals surface area contributed by atoms with E-state index in [4.69, 9.17) is 37.4 Å². The maximum Gasteiger partial charge on any atom is 0.344 e. The molecule has 0 aromatic heterocycles. The summed E-state index contributed by atoms with van der Waals surface area (Å²) in [7, 11) is 0. The lowest BCUT2D eigenvalue weighted by molar-refractivity contribution is -0.155. The second-order valence-electron chi connectivity index (χ2n) is 5.41. The van der Waals surface area contributed by atoms with Gasteiger partial charge in [0.25, 0.3) is 5.91 Å². The van der Waals surface area contributed by atoms with Gasteiger partial charge in [-0.15, -0.1) is 0 Å². The lowest BCUT2D eigenvalue weighted by Gasteiger charge is -2.15. The molecule has 27 heavy (non-hydrogen) atoms. The smallest absolute Gasteiger partial charge is 0.344 e. The molecule has 1 atom stereocenters. The predicted octanol–water partition coefficient (Wildman–Crippen LogP) is 4.34. The Kier molecular flexibility index (Phi) is 7.76. The number of esters is 1. The Hall–Kier alpha value is -2.44. The van der Waals surface area contributed by atoms with Gasteiger partial charge in [0.05, 0.1) is 17.3 Å². The van der Waals surface area contributed by atoms with Gasteiger partial charge in [-0.05, 0) is 44.2 Å². The van der Waals surface area contributed by atoms with Crippen LogP contribution < -0.4 is 14.8 Å². The molecule has 0 saturated carbocycles. The lowest BCUT2D eigenvalue weighted by atomic mass is 10.3. The molecule has 1 N–H and O–H groups in total. The van der Waals surface area contributed by atoms with Crippen molar-refractivity contribution >= 4 is 40.8 Å². The molecule has 6 nitrogen and oxygen atoms in total. The summed E-state index contributed by atoms with van der Waals surface area (Å²) in [5.41, 5.74) is 0.332. The van der Waals surface area contributed by atoms with Crippen molar-refractivity contribution in [3.05, 3.63) is 52.5 Å². The van der Waals surface area contributed by atoms with E-state index in [1.807, 2.05) is 6.92 Å². The number of amides is 1. The third-order valence-corrected chi connectivity index (χ3v) is 3.92. The van der Waals surface area contributed by atoms with E-state index >= 15 is 0 Å². The molecular weight excluding hydrogens is 393 g/mol. The zero-order valence-corrected chi connectivity index (χ0v) is 16.3.